The van der Waals surface area contributed by atoms with Crippen molar-refractivity contribution in [3.05, 3.63) is 89.4 Å². The first-order valence-electron chi connectivity index (χ1n) is 10.4. The van der Waals surface area contributed by atoms with Gasteiger partial charge in [-0.05, 0) is 74.0 Å². The molecule has 0 unspecified atom stereocenters. The molecule has 33 heavy (non-hydrogen) atoms. The molecule has 0 atom stereocenters. The van der Waals surface area contributed by atoms with Gasteiger partial charge in [0.2, 0.25) is 10.0 Å². The van der Waals surface area contributed by atoms with Gasteiger partial charge in [0.15, 0.2) is 0 Å². The Bertz CT molecular complexity index is 1300. The minimum Gasteiger partial charge on any atom is -0.497 e. The largest absolute Gasteiger partial charge is 0.497 e. The van der Waals surface area contributed by atoms with Gasteiger partial charge in [-0.2, -0.15) is 0 Å². The normalized spacial score (nSPS) is 11.3. The SMILES string of the molecule is COc1ccc(-c2nc(C)c(CCNS(=O)(=O)c3ccc(Oc4ccccc4)cc3)s2)cc1. The molecular formula is C25H24N2O4S2. The average Bonchev–Trinajstić information content (AvgIpc) is 3.20. The number of para-hydroxylation sites is 1. The van der Waals surface area contributed by atoms with Crippen molar-refractivity contribution in [2.75, 3.05) is 13.7 Å². The minimum absolute atomic E-state index is 0.197. The van der Waals surface area contributed by atoms with E-state index < -0.39 is 10.0 Å². The van der Waals surface area contributed by atoms with Crippen LogP contribution in [0.1, 0.15) is 10.6 Å². The van der Waals surface area contributed by atoms with Crippen LogP contribution in [-0.4, -0.2) is 27.1 Å². The summed E-state index contributed by atoms with van der Waals surface area (Å²) in [5.41, 5.74) is 1.92. The van der Waals surface area contributed by atoms with Crippen molar-refractivity contribution in [2.24, 2.45) is 0 Å². The topological polar surface area (TPSA) is 77.5 Å². The summed E-state index contributed by atoms with van der Waals surface area (Å²) in [5.74, 6) is 2.06. The van der Waals surface area contributed by atoms with E-state index in [-0.39, 0.29) is 11.4 Å². The Morgan fingerprint density at radius 3 is 2.18 bits per heavy atom. The maximum Gasteiger partial charge on any atom is 0.240 e. The Morgan fingerprint density at radius 1 is 0.879 bits per heavy atom. The van der Waals surface area contributed by atoms with Crippen LogP contribution in [0.15, 0.2) is 83.8 Å². The van der Waals surface area contributed by atoms with Gasteiger partial charge in [0.05, 0.1) is 17.7 Å². The zero-order valence-electron chi connectivity index (χ0n) is 18.3. The molecule has 0 saturated carbocycles. The Kier molecular flexibility index (Phi) is 7.08. The third-order valence-electron chi connectivity index (χ3n) is 4.99. The predicted molar refractivity (Wildman–Crippen MR) is 131 cm³/mol. The molecule has 0 aliphatic rings. The van der Waals surface area contributed by atoms with Crippen molar-refractivity contribution in [1.29, 1.82) is 0 Å². The molecule has 0 aliphatic heterocycles. The number of thiazole rings is 1. The van der Waals surface area contributed by atoms with E-state index in [2.05, 4.69) is 9.71 Å². The van der Waals surface area contributed by atoms with E-state index >= 15 is 0 Å². The van der Waals surface area contributed by atoms with Gasteiger partial charge in [-0.25, -0.2) is 18.1 Å². The number of aryl methyl sites for hydroxylation is 1. The fraction of sp³-hybridized carbons (Fsp3) is 0.160. The van der Waals surface area contributed by atoms with Crippen LogP contribution in [0.5, 0.6) is 17.2 Å². The molecule has 8 heteroatoms. The second-order valence-electron chi connectivity index (χ2n) is 7.29. The number of nitrogens with one attached hydrogen (secondary N) is 1. The fourth-order valence-corrected chi connectivity index (χ4v) is 5.31. The highest BCUT2D eigenvalue weighted by atomic mass is 32.2. The van der Waals surface area contributed by atoms with Crippen LogP contribution in [0, 0.1) is 6.92 Å². The van der Waals surface area contributed by atoms with E-state index in [4.69, 9.17) is 9.47 Å². The van der Waals surface area contributed by atoms with Gasteiger partial charge >= 0.3 is 0 Å². The summed E-state index contributed by atoms with van der Waals surface area (Å²) in [6, 6.07) is 23.5. The van der Waals surface area contributed by atoms with Crippen molar-refractivity contribution in [3.63, 3.8) is 0 Å². The molecule has 0 saturated heterocycles. The second kappa shape index (κ2) is 10.2. The number of sulfonamides is 1. The number of aromatic nitrogens is 1. The van der Waals surface area contributed by atoms with Crippen LogP contribution in [-0.2, 0) is 16.4 Å². The third kappa shape index (κ3) is 5.78. The average molecular weight is 481 g/mol. The van der Waals surface area contributed by atoms with Crippen LogP contribution >= 0.6 is 11.3 Å². The summed E-state index contributed by atoms with van der Waals surface area (Å²) in [4.78, 5) is 5.89. The molecule has 6 nitrogen and oxygen atoms in total. The third-order valence-corrected chi connectivity index (χ3v) is 7.73. The highest BCUT2D eigenvalue weighted by Crippen LogP contribution is 2.29. The van der Waals surface area contributed by atoms with Gasteiger partial charge in [0.1, 0.15) is 22.3 Å². The molecule has 1 N–H and O–H groups in total. The lowest BCUT2D eigenvalue weighted by molar-refractivity contribution is 0.415. The van der Waals surface area contributed by atoms with Gasteiger partial charge < -0.3 is 9.47 Å². The summed E-state index contributed by atoms with van der Waals surface area (Å²) < 4.78 is 39.0. The molecule has 0 aliphatic carbocycles. The maximum absolute atomic E-state index is 12.7. The lowest BCUT2D eigenvalue weighted by Crippen LogP contribution is -2.25. The Labute approximate surface area is 197 Å². The van der Waals surface area contributed by atoms with Crippen LogP contribution in [0.3, 0.4) is 0 Å². The van der Waals surface area contributed by atoms with E-state index in [1.807, 2.05) is 61.5 Å². The number of benzene rings is 3. The molecule has 4 rings (SSSR count). The van der Waals surface area contributed by atoms with E-state index in [0.29, 0.717) is 17.9 Å². The van der Waals surface area contributed by atoms with Gasteiger partial charge in [-0.1, -0.05) is 18.2 Å². The van der Waals surface area contributed by atoms with Gasteiger partial charge in [-0.3, -0.25) is 0 Å². The molecule has 0 fully saturated rings. The number of methoxy groups -OCH3 is 1. The van der Waals surface area contributed by atoms with E-state index in [1.54, 1.807) is 42.7 Å². The highest BCUT2D eigenvalue weighted by Gasteiger charge is 2.15. The zero-order chi connectivity index (χ0) is 23.3. The summed E-state index contributed by atoms with van der Waals surface area (Å²) >= 11 is 1.57. The van der Waals surface area contributed by atoms with Crippen LogP contribution in [0.4, 0.5) is 0 Å². The first-order valence-corrected chi connectivity index (χ1v) is 12.7. The van der Waals surface area contributed by atoms with Crippen LogP contribution in [0.2, 0.25) is 0 Å². The van der Waals surface area contributed by atoms with Crippen LogP contribution < -0.4 is 14.2 Å². The van der Waals surface area contributed by atoms with Crippen molar-refractivity contribution in [3.8, 4) is 27.8 Å². The lowest BCUT2D eigenvalue weighted by Gasteiger charge is -2.08. The molecule has 0 radical (unpaired) electrons. The number of rotatable bonds is 9. The zero-order valence-corrected chi connectivity index (χ0v) is 19.9. The van der Waals surface area contributed by atoms with E-state index in [1.165, 1.54) is 0 Å². The predicted octanol–water partition coefficient (Wildman–Crippen LogP) is 5.44. The Morgan fingerprint density at radius 2 is 1.52 bits per heavy atom. The van der Waals surface area contributed by atoms with Crippen LogP contribution in [0.25, 0.3) is 10.6 Å². The summed E-state index contributed by atoms with van der Waals surface area (Å²) in [5, 5.41) is 0.905. The number of nitrogens with zero attached hydrogens (tertiary/aromatic N) is 1. The van der Waals surface area contributed by atoms with E-state index in [9.17, 15) is 8.42 Å². The van der Waals surface area contributed by atoms with E-state index in [0.717, 1.165) is 26.9 Å². The quantitative estimate of drug-likeness (QED) is 0.345. The molecule has 170 valence electrons. The number of ether oxygens (including phenoxy) is 2. The Balaban J connectivity index is 1.36. The smallest absolute Gasteiger partial charge is 0.240 e. The maximum atomic E-state index is 12.7. The monoisotopic (exact) mass is 480 g/mol. The first-order chi connectivity index (χ1) is 15.9. The van der Waals surface area contributed by atoms with Crippen molar-refractivity contribution in [1.82, 2.24) is 9.71 Å². The summed E-state index contributed by atoms with van der Waals surface area (Å²) in [6.45, 7) is 2.23. The highest BCUT2D eigenvalue weighted by molar-refractivity contribution is 7.89. The van der Waals surface area contributed by atoms with Gasteiger partial charge in [-0.15, -0.1) is 11.3 Å². The molecule has 1 heterocycles. The molecule has 0 bridgehead atoms. The molecule has 0 amide bonds. The Hall–Kier alpha value is -3.20. The molecule has 1 aromatic heterocycles. The molecule has 0 spiro atoms. The summed E-state index contributed by atoms with van der Waals surface area (Å²) in [6.07, 6.45) is 0.564. The van der Waals surface area contributed by atoms with Crippen molar-refractivity contribution >= 4 is 21.4 Å². The summed E-state index contributed by atoms with van der Waals surface area (Å²) in [7, 11) is -1.99. The number of hydrogen-bond acceptors (Lipinski definition) is 6. The second-order valence-corrected chi connectivity index (χ2v) is 10.1. The molecular weight excluding hydrogens is 456 g/mol. The van der Waals surface area contributed by atoms with Gasteiger partial charge in [0, 0.05) is 17.0 Å². The minimum atomic E-state index is -3.62. The number of hydrogen-bond donors (Lipinski definition) is 1. The standard InChI is InChI=1S/C25H24N2O4S2/c1-18-24(32-25(27-18)19-8-10-20(30-2)11-9-19)16-17-26-33(28,29)23-14-12-22(13-15-23)31-21-6-4-3-5-7-21/h3-15,26H,16-17H2,1-2H3. The fourth-order valence-electron chi connectivity index (χ4n) is 3.21. The van der Waals surface area contributed by atoms with Gasteiger partial charge in [0.25, 0.3) is 0 Å². The van der Waals surface area contributed by atoms with Crippen molar-refractivity contribution < 1.29 is 17.9 Å². The lowest BCUT2D eigenvalue weighted by atomic mass is 10.2. The molecule has 4 aromatic rings. The van der Waals surface area contributed by atoms with Crippen molar-refractivity contribution in [2.45, 2.75) is 18.2 Å². The first kappa shape index (κ1) is 23.0. The molecule has 3 aromatic carbocycles.